The maximum absolute atomic E-state index is 0. The van der Waals surface area contributed by atoms with Gasteiger partial charge in [0.05, 0.1) is 0 Å². The van der Waals surface area contributed by atoms with Gasteiger partial charge in [0.25, 0.3) is 0 Å². The van der Waals surface area contributed by atoms with Gasteiger partial charge in [0.1, 0.15) is 0 Å². The molecule has 0 atom stereocenters. The van der Waals surface area contributed by atoms with Crippen molar-refractivity contribution in [1.82, 2.24) is 0 Å². The van der Waals surface area contributed by atoms with Gasteiger partial charge in [-0.25, -0.2) is 0 Å². The summed E-state index contributed by atoms with van der Waals surface area (Å²) in [5, 5.41) is 0. The molecule has 0 aromatic heterocycles. The fourth-order valence-corrected chi connectivity index (χ4v) is 0. The third kappa shape index (κ3) is 8.94. The molecule has 0 rings (SSSR count). The standard InChI is InChI=1S/Ce.Cu.Mg.Ni.2H. The molecule has 0 aliphatic rings. The van der Waals surface area contributed by atoms with Crippen LogP contribution in [0.15, 0.2) is 0 Å². The first-order chi connectivity index (χ1) is 0. The van der Waals surface area contributed by atoms with Crippen molar-refractivity contribution in [2.75, 3.05) is 0 Å². The molecular weight excluding hydrogens is 287 g/mol. The van der Waals surface area contributed by atoms with Crippen LogP contribution in [0.5, 0.6) is 0 Å². The van der Waals surface area contributed by atoms with Crippen LogP contribution >= 0.6 is 0 Å². The number of hydrogen-bond donors (Lipinski definition) is 0. The Labute approximate surface area is 96.2 Å². The Bertz CT molecular complexity index is 8.00. The first-order valence-electron chi connectivity index (χ1n) is 0. The van der Waals surface area contributed by atoms with Crippen LogP contribution in [-0.2, 0) is 33.6 Å². The molecule has 0 aliphatic carbocycles. The predicted molar refractivity (Wildman–Crippen MR) is 8.54 cm³/mol. The molecule has 0 amide bonds. The van der Waals surface area contributed by atoms with Crippen molar-refractivity contribution >= 4 is 23.1 Å². The van der Waals surface area contributed by atoms with Gasteiger partial charge < -0.3 is 0 Å². The molecule has 0 aromatic carbocycles. The Morgan fingerprint density at radius 1 is 1.00 bits per heavy atom. The second-order valence-corrected chi connectivity index (χ2v) is 0. The summed E-state index contributed by atoms with van der Waals surface area (Å²) in [7, 11) is 0. The molecule has 0 heterocycles. The van der Waals surface area contributed by atoms with E-state index in [0.717, 1.165) is 0 Å². The normalized spacial score (nSPS) is 0. The van der Waals surface area contributed by atoms with Crippen molar-refractivity contribution in [1.29, 1.82) is 0 Å². The van der Waals surface area contributed by atoms with Crippen molar-refractivity contribution in [3.8, 4) is 0 Å². The molecule has 0 aliphatic heterocycles. The third-order valence-electron chi connectivity index (χ3n) is 0. The Morgan fingerprint density at radius 2 is 1.00 bits per heavy atom. The van der Waals surface area contributed by atoms with Gasteiger partial charge in [-0.1, -0.05) is 0 Å². The predicted octanol–water partition coefficient (Wildman–Crippen LogP) is -0.921. The van der Waals surface area contributed by atoms with Crippen LogP contribution in [0.3, 0.4) is 0 Å². The minimum atomic E-state index is 0. The Balaban J connectivity index is 0. The molecule has 0 spiro atoms. The molecule has 1 radical (unpaired) electrons. The molecule has 0 aromatic rings. The molecule has 4 heavy (non-hydrogen) atoms. The molecule has 0 fully saturated rings. The van der Waals surface area contributed by atoms with E-state index in [1.807, 2.05) is 0 Å². The zero-order valence-electron chi connectivity index (χ0n) is 1.12. The Hall–Kier alpha value is 3.16. The van der Waals surface area contributed by atoms with Crippen LogP contribution in [0.25, 0.3) is 0 Å². The molecule has 0 bridgehead atoms. The minimum Gasteiger partial charge on any atom is 0 e. The van der Waals surface area contributed by atoms with E-state index < -0.39 is 0 Å². The maximum Gasteiger partial charge on any atom is 0.316 e. The first-order valence-corrected chi connectivity index (χ1v) is 0. The quantitative estimate of drug-likeness (QED) is 0.506. The molecule has 0 N–H and O–H groups in total. The van der Waals surface area contributed by atoms with Crippen LogP contribution in [0.1, 0.15) is 0 Å². The summed E-state index contributed by atoms with van der Waals surface area (Å²) in [4.78, 5) is 0. The van der Waals surface area contributed by atoms with Crippen LogP contribution in [-0.4, -0.2) is 23.1 Å². The second kappa shape index (κ2) is 16.4. The van der Waals surface area contributed by atoms with Crippen LogP contribution in [0.4, 0.5) is 0 Å². The average Bonchev–Trinajstić information content (AvgIpc) is 0. The summed E-state index contributed by atoms with van der Waals surface area (Å²) in [6, 6.07) is 0. The van der Waals surface area contributed by atoms with Crippen LogP contribution in [0.2, 0.25) is 0 Å². The summed E-state index contributed by atoms with van der Waals surface area (Å²) >= 11 is 0. The summed E-state index contributed by atoms with van der Waals surface area (Å²) in [5.74, 6) is 0. The second-order valence-electron chi connectivity index (χ2n) is 0. The molecule has 0 saturated heterocycles. The van der Waals surface area contributed by atoms with Crippen LogP contribution in [0, 0.1) is 41.7 Å². The summed E-state index contributed by atoms with van der Waals surface area (Å²) in [6.07, 6.45) is 0. The van der Waals surface area contributed by atoms with Crippen molar-refractivity contribution in [2.24, 2.45) is 0 Å². The maximum atomic E-state index is 0. The van der Waals surface area contributed by atoms with Gasteiger partial charge in [0.15, 0.2) is 0 Å². The van der Waals surface area contributed by atoms with Crippen molar-refractivity contribution in [2.45, 2.75) is 0 Å². The van der Waals surface area contributed by atoms with E-state index in [1.165, 1.54) is 0 Å². The summed E-state index contributed by atoms with van der Waals surface area (Å²) in [5.41, 5.74) is 0. The fourth-order valence-electron chi connectivity index (χ4n) is 0. The topological polar surface area (TPSA) is 0 Å². The molecule has 0 saturated carbocycles. The van der Waals surface area contributed by atoms with E-state index in [-0.39, 0.29) is 98.4 Å². The van der Waals surface area contributed by atoms with E-state index in [2.05, 4.69) is 0 Å². The molecular formula is H2CeCuMgNi. The number of rotatable bonds is 0. The first kappa shape index (κ1) is 27.2. The Kier molecular flexibility index (Phi) is 112. The van der Waals surface area contributed by atoms with Crippen molar-refractivity contribution < 1.29 is 75.3 Å². The van der Waals surface area contributed by atoms with Crippen LogP contribution < -0.4 is 0 Å². The van der Waals surface area contributed by atoms with Gasteiger partial charge in [0.2, 0.25) is 0 Å². The van der Waals surface area contributed by atoms with Gasteiger partial charge in [0, 0.05) is 75.3 Å². The summed E-state index contributed by atoms with van der Waals surface area (Å²) < 4.78 is 0. The molecule has 4 heteroatoms. The average molecular weight is 289 g/mol. The van der Waals surface area contributed by atoms with E-state index in [1.54, 1.807) is 0 Å². The fraction of sp³-hybridized carbons (Fsp3) is 0. The van der Waals surface area contributed by atoms with E-state index >= 15 is 0 Å². The number of hydrogen-bond acceptors (Lipinski definition) is 0. The smallest absolute Gasteiger partial charge is 0 e. The van der Waals surface area contributed by atoms with Gasteiger partial charge in [-0.3, -0.25) is 0 Å². The molecule has 0 nitrogen and oxygen atoms in total. The van der Waals surface area contributed by atoms with E-state index in [0.29, 0.717) is 0 Å². The third-order valence-corrected chi connectivity index (χ3v) is 0. The minimum absolute atomic E-state index is 0. The molecule has 0 unspecified atom stereocenters. The summed E-state index contributed by atoms with van der Waals surface area (Å²) in [6.45, 7) is 0. The van der Waals surface area contributed by atoms with Gasteiger partial charge >= 0.3 is 23.1 Å². The zero-order chi connectivity index (χ0) is 0. The van der Waals surface area contributed by atoms with E-state index in [9.17, 15) is 0 Å². The van der Waals surface area contributed by atoms with E-state index in [4.69, 9.17) is 0 Å². The largest absolute Gasteiger partial charge is 0.316 e. The van der Waals surface area contributed by atoms with Crippen molar-refractivity contribution in [3.05, 3.63) is 0 Å². The molecule has 29 valence electrons. The zero-order valence-corrected chi connectivity index (χ0v) is 6.19. The van der Waals surface area contributed by atoms with Gasteiger partial charge in [-0.2, -0.15) is 0 Å². The SMILES string of the molecule is [Ce].[Cu].[MgH2].[Ni]. The van der Waals surface area contributed by atoms with Gasteiger partial charge in [-0.05, 0) is 0 Å². The monoisotopic (exact) mass is 287 g/mol. The van der Waals surface area contributed by atoms with Gasteiger partial charge in [-0.15, -0.1) is 0 Å². The van der Waals surface area contributed by atoms with Crippen molar-refractivity contribution in [3.63, 3.8) is 0 Å². The Morgan fingerprint density at radius 3 is 1.00 bits per heavy atom.